The molecule has 5 heteroatoms. The number of likely N-dealkylation sites (tertiary alicyclic amines) is 1. The fourth-order valence-electron chi connectivity index (χ4n) is 2.75. The van der Waals surface area contributed by atoms with Crippen molar-refractivity contribution in [3.63, 3.8) is 0 Å². The van der Waals surface area contributed by atoms with Gasteiger partial charge >= 0.3 is 6.03 Å². The highest BCUT2D eigenvalue weighted by Crippen LogP contribution is 2.16. The molecule has 2 amide bonds. The molecule has 2 N–H and O–H groups in total. The molecule has 2 rings (SSSR count). The van der Waals surface area contributed by atoms with Crippen LogP contribution in [-0.4, -0.2) is 43.3 Å². The molecule has 0 saturated carbocycles. The van der Waals surface area contributed by atoms with E-state index in [9.17, 15) is 4.79 Å². The first-order chi connectivity index (χ1) is 11.2. The topological polar surface area (TPSA) is 53.6 Å². The Morgan fingerprint density at radius 1 is 1.13 bits per heavy atom. The molecule has 1 fully saturated rings. The molecule has 1 atom stereocenters. The van der Waals surface area contributed by atoms with E-state index >= 15 is 0 Å². The van der Waals surface area contributed by atoms with Crippen molar-refractivity contribution in [2.24, 2.45) is 0 Å². The maximum atomic E-state index is 12.3. The molecule has 23 heavy (non-hydrogen) atoms. The van der Waals surface area contributed by atoms with E-state index < -0.39 is 0 Å². The van der Waals surface area contributed by atoms with E-state index in [0.29, 0.717) is 6.61 Å². The van der Waals surface area contributed by atoms with E-state index in [-0.39, 0.29) is 12.1 Å². The van der Waals surface area contributed by atoms with Crippen LogP contribution in [0.2, 0.25) is 0 Å². The van der Waals surface area contributed by atoms with Gasteiger partial charge in [-0.2, -0.15) is 0 Å². The molecule has 1 aromatic carbocycles. The van der Waals surface area contributed by atoms with Crippen LogP contribution in [0, 0.1) is 0 Å². The third-order valence-corrected chi connectivity index (χ3v) is 4.01. The quantitative estimate of drug-likeness (QED) is 0.835. The summed E-state index contributed by atoms with van der Waals surface area (Å²) >= 11 is 0. The number of hydrogen-bond donors (Lipinski definition) is 2. The number of anilines is 2. The number of rotatable bonds is 6. The van der Waals surface area contributed by atoms with Crippen LogP contribution < -0.4 is 10.6 Å². The molecule has 0 aliphatic carbocycles. The second-order valence-electron chi connectivity index (χ2n) is 6.11. The van der Waals surface area contributed by atoms with Crippen LogP contribution in [0.5, 0.6) is 0 Å². The van der Waals surface area contributed by atoms with Gasteiger partial charge in [0.1, 0.15) is 0 Å². The Morgan fingerprint density at radius 2 is 1.74 bits per heavy atom. The normalized spacial score (nSPS) is 16.5. The number of carbonyl (C=O) groups excluding carboxylic acids is 1. The van der Waals surface area contributed by atoms with Crippen LogP contribution in [0.1, 0.15) is 39.5 Å². The molecule has 0 spiro atoms. The summed E-state index contributed by atoms with van der Waals surface area (Å²) < 4.78 is 5.40. The lowest BCUT2D eigenvalue weighted by atomic mass is 10.2. The number of hydrogen-bond acceptors (Lipinski definition) is 3. The first kappa shape index (κ1) is 17.6. The van der Waals surface area contributed by atoms with Gasteiger partial charge in [0.25, 0.3) is 0 Å². The zero-order valence-corrected chi connectivity index (χ0v) is 14.3. The van der Waals surface area contributed by atoms with Crippen molar-refractivity contribution in [1.29, 1.82) is 0 Å². The van der Waals surface area contributed by atoms with E-state index in [1.807, 2.05) is 36.1 Å². The third-order valence-electron chi connectivity index (χ3n) is 4.01. The van der Waals surface area contributed by atoms with Crippen LogP contribution in [0.25, 0.3) is 0 Å². The molecule has 0 bridgehead atoms. The average Bonchev–Trinajstić information content (AvgIpc) is 2.84. The summed E-state index contributed by atoms with van der Waals surface area (Å²) in [6.07, 6.45) is 4.66. The molecule has 1 aromatic rings. The van der Waals surface area contributed by atoms with Crippen molar-refractivity contribution in [3.05, 3.63) is 24.3 Å². The SMILES string of the molecule is CCOC[C@H](C)Nc1ccc(NC(=O)N2CCCCCC2)cc1. The van der Waals surface area contributed by atoms with Gasteiger partial charge in [0.05, 0.1) is 6.61 Å². The summed E-state index contributed by atoms with van der Waals surface area (Å²) in [6.45, 7) is 7.22. The minimum Gasteiger partial charge on any atom is -0.380 e. The number of nitrogens with zero attached hydrogens (tertiary/aromatic N) is 1. The number of ether oxygens (including phenoxy) is 1. The van der Waals surface area contributed by atoms with Crippen LogP contribution in [-0.2, 0) is 4.74 Å². The van der Waals surface area contributed by atoms with E-state index in [1.165, 1.54) is 12.8 Å². The summed E-state index contributed by atoms with van der Waals surface area (Å²) in [6, 6.07) is 8.11. The highest BCUT2D eigenvalue weighted by Gasteiger charge is 2.15. The number of urea groups is 1. The summed E-state index contributed by atoms with van der Waals surface area (Å²) in [4.78, 5) is 14.2. The predicted molar refractivity (Wildman–Crippen MR) is 95.1 cm³/mol. The largest absolute Gasteiger partial charge is 0.380 e. The first-order valence-electron chi connectivity index (χ1n) is 8.69. The van der Waals surface area contributed by atoms with Gasteiger partial charge in [0.15, 0.2) is 0 Å². The highest BCUT2D eigenvalue weighted by atomic mass is 16.5. The summed E-state index contributed by atoms with van der Waals surface area (Å²) in [5.74, 6) is 0. The zero-order valence-electron chi connectivity index (χ0n) is 14.3. The van der Waals surface area contributed by atoms with Crippen molar-refractivity contribution in [1.82, 2.24) is 4.90 Å². The summed E-state index contributed by atoms with van der Waals surface area (Å²) in [7, 11) is 0. The van der Waals surface area contributed by atoms with E-state index in [1.54, 1.807) is 0 Å². The molecule has 1 aliphatic heterocycles. The first-order valence-corrected chi connectivity index (χ1v) is 8.69. The van der Waals surface area contributed by atoms with Crippen molar-refractivity contribution in [3.8, 4) is 0 Å². The van der Waals surface area contributed by atoms with E-state index in [0.717, 1.165) is 43.9 Å². The maximum Gasteiger partial charge on any atom is 0.321 e. The van der Waals surface area contributed by atoms with Gasteiger partial charge in [-0.1, -0.05) is 12.8 Å². The molecular weight excluding hydrogens is 290 g/mol. The minimum absolute atomic E-state index is 0.0114. The Kier molecular flexibility index (Phi) is 7.20. The van der Waals surface area contributed by atoms with Crippen LogP contribution >= 0.6 is 0 Å². The lowest BCUT2D eigenvalue weighted by Gasteiger charge is -2.21. The van der Waals surface area contributed by atoms with Crippen molar-refractivity contribution < 1.29 is 9.53 Å². The molecule has 1 aliphatic rings. The van der Waals surface area contributed by atoms with Gasteiger partial charge < -0.3 is 20.3 Å². The third kappa shape index (κ3) is 6.10. The highest BCUT2D eigenvalue weighted by molar-refractivity contribution is 5.89. The molecule has 0 unspecified atom stereocenters. The van der Waals surface area contributed by atoms with Gasteiger partial charge in [0, 0.05) is 37.1 Å². The Morgan fingerprint density at radius 3 is 2.35 bits per heavy atom. The Bertz CT molecular complexity index is 468. The van der Waals surface area contributed by atoms with Crippen molar-refractivity contribution in [2.45, 2.75) is 45.6 Å². The average molecular weight is 319 g/mol. The number of nitrogens with one attached hydrogen (secondary N) is 2. The lowest BCUT2D eigenvalue weighted by Crippen LogP contribution is -2.35. The zero-order chi connectivity index (χ0) is 16.5. The fraction of sp³-hybridized carbons (Fsp3) is 0.611. The Balaban J connectivity index is 1.83. The lowest BCUT2D eigenvalue weighted by molar-refractivity contribution is 0.141. The van der Waals surface area contributed by atoms with Gasteiger partial charge in [-0.3, -0.25) is 0 Å². The van der Waals surface area contributed by atoms with Crippen molar-refractivity contribution >= 4 is 17.4 Å². The predicted octanol–water partition coefficient (Wildman–Crippen LogP) is 3.93. The molecular formula is C18H29N3O2. The van der Waals surface area contributed by atoms with Gasteiger partial charge in [-0.15, -0.1) is 0 Å². The standard InChI is InChI=1S/C18H29N3O2/c1-3-23-14-15(2)19-16-8-10-17(11-9-16)20-18(22)21-12-6-4-5-7-13-21/h8-11,15,19H,3-7,12-14H2,1-2H3,(H,20,22)/t15-/m0/s1. The van der Waals surface area contributed by atoms with Gasteiger partial charge in [0.2, 0.25) is 0 Å². The summed E-state index contributed by atoms with van der Waals surface area (Å²) in [5.41, 5.74) is 1.87. The number of amides is 2. The fourth-order valence-corrected chi connectivity index (χ4v) is 2.75. The smallest absolute Gasteiger partial charge is 0.321 e. The minimum atomic E-state index is 0.0114. The second kappa shape index (κ2) is 9.40. The molecule has 128 valence electrons. The van der Waals surface area contributed by atoms with Crippen LogP contribution in [0.3, 0.4) is 0 Å². The Labute approximate surface area is 139 Å². The Hall–Kier alpha value is -1.75. The molecule has 5 nitrogen and oxygen atoms in total. The van der Waals surface area contributed by atoms with Crippen molar-refractivity contribution in [2.75, 3.05) is 36.9 Å². The number of benzene rings is 1. The second-order valence-corrected chi connectivity index (χ2v) is 6.11. The molecule has 1 heterocycles. The monoisotopic (exact) mass is 319 g/mol. The van der Waals surface area contributed by atoms with Crippen LogP contribution in [0.4, 0.5) is 16.2 Å². The summed E-state index contributed by atoms with van der Waals surface area (Å²) in [5, 5.41) is 6.37. The number of carbonyl (C=O) groups is 1. The van der Waals surface area contributed by atoms with Gasteiger partial charge in [-0.05, 0) is 51.0 Å². The van der Waals surface area contributed by atoms with Gasteiger partial charge in [-0.25, -0.2) is 4.79 Å². The molecule has 0 aromatic heterocycles. The van der Waals surface area contributed by atoms with E-state index in [4.69, 9.17) is 4.74 Å². The van der Waals surface area contributed by atoms with Crippen LogP contribution in [0.15, 0.2) is 24.3 Å². The molecule has 0 radical (unpaired) electrons. The molecule has 1 saturated heterocycles. The maximum absolute atomic E-state index is 12.3. The van der Waals surface area contributed by atoms with E-state index in [2.05, 4.69) is 17.6 Å².